The van der Waals surface area contributed by atoms with Crippen LogP contribution >= 0.6 is 0 Å². The zero-order chi connectivity index (χ0) is 18.9. The van der Waals surface area contributed by atoms with Crippen LogP contribution in [-0.2, 0) is 9.53 Å². The van der Waals surface area contributed by atoms with Gasteiger partial charge in [-0.3, -0.25) is 4.79 Å². The predicted octanol–water partition coefficient (Wildman–Crippen LogP) is 2.57. The molecule has 1 aromatic rings. The molecule has 5 heteroatoms. The second-order valence-corrected chi connectivity index (χ2v) is 7.09. The molecule has 1 aliphatic heterocycles. The summed E-state index contributed by atoms with van der Waals surface area (Å²) in [5.41, 5.74) is 1.88. The number of amides is 1. The van der Waals surface area contributed by atoms with Crippen LogP contribution in [0.15, 0.2) is 24.0 Å². The van der Waals surface area contributed by atoms with Crippen LogP contribution in [0, 0.1) is 6.92 Å². The van der Waals surface area contributed by atoms with E-state index in [-0.39, 0.29) is 23.3 Å². The van der Waals surface area contributed by atoms with E-state index in [2.05, 4.69) is 5.32 Å². The summed E-state index contributed by atoms with van der Waals surface area (Å²) in [6.07, 6.45) is 6.82. The van der Waals surface area contributed by atoms with Gasteiger partial charge in [-0.2, -0.15) is 0 Å². The largest absolute Gasteiger partial charge is 0.873 e. The van der Waals surface area contributed by atoms with Crippen LogP contribution in [0.4, 0.5) is 0 Å². The highest BCUT2D eigenvalue weighted by Gasteiger charge is 2.43. The molecule has 1 amide bonds. The minimum Gasteiger partial charge on any atom is -0.873 e. The van der Waals surface area contributed by atoms with Crippen molar-refractivity contribution < 1.29 is 19.4 Å². The minimum absolute atomic E-state index is 0.114. The van der Waals surface area contributed by atoms with Gasteiger partial charge in [0.05, 0.1) is 18.8 Å². The Morgan fingerprint density at radius 3 is 2.54 bits per heavy atom. The Morgan fingerprint density at radius 1 is 1.27 bits per heavy atom. The van der Waals surface area contributed by atoms with Crippen molar-refractivity contribution in [3.63, 3.8) is 0 Å². The van der Waals surface area contributed by atoms with E-state index in [0.717, 1.165) is 24.0 Å². The smallest absolute Gasteiger partial charge is 0.251 e. The number of rotatable bonds is 4. The van der Waals surface area contributed by atoms with Gasteiger partial charge in [0.2, 0.25) is 0 Å². The maximum absolute atomic E-state index is 13.3. The molecule has 0 saturated heterocycles. The van der Waals surface area contributed by atoms with Crippen LogP contribution < -0.4 is 15.2 Å². The van der Waals surface area contributed by atoms with Gasteiger partial charge >= 0.3 is 0 Å². The van der Waals surface area contributed by atoms with Crippen molar-refractivity contribution >= 4 is 17.6 Å². The SMILES string of the molecule is C/C=C/c1cc(C)c(C2=C([O-])C3(CCC(OC)CC3)NC2=O)c(OC)c1. The Morgan fingerprint density at radius 2 is 1.96 bits per heavy atom. The first-order chi connectivity index (χ1) is 12.5. The Labute approximate surface area is 154 Å². The normalized spacial score (nSPS) is 26.0. The highest BCUT2D eigenvalue weighted by Crippen LogP contribution is 2.43. The molecule has 0 bridgehead atoms. The van der Waals surface area contributed by atoms with Gasteiger partial charge in [-0.1, -0.05) is 24.0 Å². The van der Waals surface area contributed by atoms with Gasteiger partial charge in [-0.15, -0.1) is 0 Å². The lowest BCUT2D eigenvalue weighted by atomic mass is 9.79. The van der Waals surface area contributed by atoms with Gasteiger partial charge in [0.25, 0.3) is 5.91 Å². The number of nitrogens with one attached hydrogen (secondary N) is 1. The molecule has 1 N–H and O–H groups in total. The number of benzene rings is 1. The van der Waals surface area contributed by atoms with Gasteiger partial charge in [-0.05, 0) is 56.7 Å². The van der Waals surface area contributed by atoms with Gasteiger partial charge in [0.15, 0.2) is 0 Å². The van der Waals surface area contributed by atoms with Crippen molar-refractivity contribution in [1.82, 2.24) is 5.32 Å². The summed E-state index contributed by atoms with van der Waals surface area (Å²) in [4.78, 5) is 12.8. The zero-order valence-electron chi connectivity index (χ0n) is 15.8. The summed E-state index contributed by atoms with van der Waals surface area (Å²) < 4.78 is 10.9. The third-order valence-electron chi connectivity index (χ3n) is 5.51. The summed E-state index contributed by atoms with van der Waals surface area (Å²) in [5, 5.41) is 16.3. The fraction of sp³-hybridized carbons (Fsp3) is 0.476. The lowest BCUT2D eigenvalue weighted by Gasteiger charge is -2.41. The summed E-state index contributed by atoms with van der Waals surface area (Å²) in [5.74, 6) is 0.141. The van der Waals surface area contributed by atoms with Crippen LogP contribution in [0.2, 0.25) is 0 Å². The number of methoxy groups -OCH3 is 2. The maximum Gasteiger partial charge on any atom is 0.251 e. The number of allylic oxidation sites excluding steroid dienone is 1. The molecule has 1 heterocycles. The first-order valence-electron chi connectivity index (χ1n) is 9.04. The Bertz CT molecular complexity index is 770. The molecule has 0 atom stereocenters. The third-order valence-corrected chi connectivity index (χ3v) is 5.51. The Kier molecular flexibility index (Phi) is 5.10. The average molecular weight is 356 g/mol. The quantitative estimate of drug-likeness (QED) is 0.900. The predicted molar refractivity (Wildman–Crippen MR) is 99.5 cm³/mol. The fourth-order valence-corrected chi connectivity index (χ4v) is 4.13. The average Bonchev–Trinajstić information content (AvgIpc) is 2.86. The number of carbonyl (C=O) groups is 1. The van der Waals surface area contributed by atoms with Crippen LogP contribution in [0.5, 0.6) is 5.75 Å². The molecule has 1 fully saturated rings. The van der Waals surface area contributed by atoms with Crippen molar-refractivity contribution in [1.29, 1.82) is 0 Å². The molecular weight excluding hydrogens is 330 g/mol. The Hall–Kier alpha value is -2.27. The van der Waals surface area contributed by atoms with E-state index in [9.17, 15) is 9.90 Å². The first-order valence-corrected chi connectivity index (χ1v) is 9.04. The van der Waals surface area contributed by atoms with Crippen LogP contribution in [0.3, 0.4) is 0 Å². The van der Waals surface area contributed by atoms with Gasteiger partial charge in [0.1, 0.15) is 5.75 Å². The van der Waals surface area contributed by atoms with E-state index < -0.39 is 5.54 Å². The van der Waals surface area contributed by atoms with Gasteiger partial charge in [-0.25, -0.2) is 0 Å². The van der Waals surface area contributed by atoms with Crippen molar-refractivity contribution in [3.05, 3.63) is 40.7 Å². The van der Waals surface area contributed by atoms with Crippen molar-refractivity contribution in [3.8, 4) is 5.75 Å². The first kappa shape index (κ1) is 18.5. The molecule has 2 aliphatic rings. The van der Waals surface area contributed by atoms with Crippen molar-refractivity contribution in [2.45, 2.75) is 51.2 Å². The molecule has 3 rings (SSSR count). The second kappa shape index (κ2) is 7.16. The summed E-state index contributed by atoms with van der Waals surface area (Å²) in [6, 6.07) is 3.83. The van der Waals surface area contributed by atoms with Crippen LogP contribution in [0.1, 0.15) is 49.3 Å². The van der Waals surface area contributed by atoms with E-state index in [1.54, 1.807) is 14.2 Å². The fourth-order valence-electron chi connectivity index (χ4n) is 4.13. The minimum atomic E-state index is -0.791. The number of carbonyl (C=O) groups excluding carboxylic acids is 1. The third kappa shape index (κ3) is 3.01. The molecule has 140 valence electrons. The molecule has 1 aromatic carbocycles. The maximum atomic E-state index is 13.3. The van der Waals surface area contributed by atoms with E-state index in [4.69, 9.17) is 9.47 Å². The van der Waals surface area contributed by atoms with Crippen molar-refractivity contribution in [2.24, 2.45) is 0 Å². The summed E-state index contributed by atoms with van der Waals surface area (Å²) >= 11 is 0. The lowest BCUT2D eigenvalue weighted by Crippen LogP contribution is -2.50. The number of ether oxygens (including phenoxy) is 2. The molecule has 1 saturated carbocycles. The second-order valence-electron chi connectivity index (χ2n) is 7.09. The summed E-state index contributed by atoms with van der Waals surface area (Å²) in [6.45, 7) is 3.85. The molecule has 0 aromatic heterocycles. The summed E-state index contributed by atoms with van der Waals surface area (Å²) in [7, 11) is 3.25. The molecule has 1 spiro atoms. The van der Waals surface area contributed by atoms with E-state index in [0.29, 0.717) is 24.2 Å². The molecule has 0 unspecified atom stereocenters. The highest BCUT2D eigenvalue weighted by molar-refractivity contribution is 6.24. The monoisotopic (exact) mass is 356 g/mol. The topological polar surface area (TPSA) is 70.6 Å². The van der Waals surface area contributed by atoms with E-state index in [1.807, 2.05) is 38.1 Å². The van der Waals surface area contributed by atoms with Crippen LogP contribution in [-0.4, -0.2) is 31.8 Å². The molecule has 0 radical (unpaired) electrons. The molecular formula is C21H26NO4-. The van der Waals surface area contributed by atoms with E-state index >= 15 is 0 Å². The zero-order valence-corrected chi connectivity index (χ0v) is 15.8. The Balaban J connectivity index is 2.07. The number of hydrogen-bond acceptors (Lipinski definition) is 4. The standard InChI is InChI=1S/C21H27NO4/c1-5-6-14-11-13(2)17(16(12-14)26-4)18-19(23)21(22-20(18)24)9-7-15(25-3)8-10-21/h5-6,11-12,15,23H,7-10H2,1-4H3,(H,22,24)/p-1/b6-5+. The van der Waals surface area contributed by atoms with Crippen LogP contribution in [0.25, 0.3) is 11.6 Å². The number of hydrogen-bond donors (Lipinski definition) is 1. The highest BCUT2D eigenvalue weighted by atomic mass is 16.5. The lowest BCUT2D eigenvalue weighted by molar-refractivity contribution is -0.317. The van der Waals surface area contributed by atoms with E-state index in [1.165, 1.54) is 0 Å². The van der Waals surface area contributed by atoms with Gasteiger partial charge in [0, 0.05) is 18.2 Å². The number of aryl methyl sites for hydroxylation is 1. The van der Waals surface area contributed by atoms with Crippen molar-refractivity contribution in [2.75, 3.05) is 14.2 Å². The molecule has 26 heavy (non-hydrogen) atoms. The van der Waals surface area contributed by atoms with Gasteiger partial charge < -0.3 is 19.9 Å². The molecule has 5 nitrogen and oxygen atoms in total. The molecule has 1 aliphatic carbocycles.